The number of amides is 1. The van der Waals surface area contributed by atoms with E-state index in [0.29, 0.717) is 37.9 Å². The van der Waals surface area contributed by atoms with E-state index in [-0.39, 0.29) is 11.5 Å². The first-order chi connectivity index (χ1) is 12.2. The summed E-state index contributed by atoms with van der Waals surface area (Å²) in [6.07, 6.45) is 8.22. The second kappa shape index (κ2) is 7.35. The van der Waals surface area contributed by atoms with Gasteiger partial charge in [0.2, 0.25) is 0 Å². The third-order valence-corrected chi connectivity index (χ3v) is 5.42. The minimum absolute atomic E-state index is 0.0930. The predicted octanol–water partition coefficient (Wildman–Crippen LogP) is 0.820. The van der Waals surface area contributed by atoms with E-state index < -0.39 is 0 Å². The lowest BCUT2D eigenvalue weighted by atomic mass is 9.94. The van der Waals surface area contributed by atoms with E-state index in [9.17, 15) is 4.79 Å². The van der Waals surface area contributed by atoms with Crippen LogP contribution in [0.2, 0.25) is 0 Å². The Morgan fingerprint density at radius 1 is 1.28 bits per heavy atom. The summed E-state index contributed by atoms with van der Waals surface area (Å²) in [5.41, 5.74) is 0.00448. The molecule has 1 aromatic heterocycles. The lowest BCUT2D eigenvalue weighted by Gasteiger charge is -2.31. The van der Waals surface area contributed by atoms with Crippen LogP contribution in [-0.2, 0) is 9.47 Å². The minimum atomic E-state index is -0.376. The number of nitrogens with zero attached hydrogens (tertiary/aromatic N) is 4. The number of carbonyl (C=O) groups excluding carboxylic acids is 1. The third kappa shape index (κ3) is 3.83. The van der Waals surface area contributed by atoms with Crippen LogP contribution in [0.5, 0.6) is 0 Å². The van der Waals surface area contributed by atoms with Gasteiger partial charge in [-0.1, -0.05) is 0 Å². The fourth-order valence-corrected chi connectivity index (χ4v) is 4.25. The Morgan fingerprint density at radius 3 is 2.96 bits per heavy atom. The smallest absolute Gasteiger partial charge is 0.274 e. The number of hydrogen-bond donors (Lipinski definition) is 0. The molecular formula is C18H26N4O3. The van der Waals surface area contributed by atoms with E-state index in [1.54, 1.807) is 12.4 Å². The highest BCUT2D eigenvalue weighted by molar-refractivity contribution is 5.92. The van der Waals surface area contributed by atoms with Gasteiger partial charge in [-0.2, -0.15) is 0 Å². The van der Waals surface area contributed by atoms with Crippen molar-refractivity contribution in [1.82, 2.24) is 19.8 Å². The molecule has 3 aliphatic rings. The normalized spacial score (nSPS) is 30.7. The Hall–Kier alpha value is -1.57. The fourth-order valence-electron chi connectivity index (χ4n) is 4.25. The number of hydrogen-bond acceptors (Lipinski definition) is 6. The molecule has 25 heavy (non-hydrogen) atoms. The maximum atomic E-state index is 12.8. The molecule has 0 aromatic carbocycles. The Labute approximate surface area is 148 Å². The molecule has 3 saturated heterocycles. The van der Waals surface area contributed by atoms with Crippen LogP contribution < -0.4 is 0 Å². The minimum Gasteiger partial charge on any atom is -0.377 e. The second-order valence-electron chi connectivity index (χ2n) is 7.44. The molecule has 136 valence electrons. The maximum Gasteiger partial charge on any atom is 0.274 e. The predicted molar refractivity (Wildman–Crippen MR) is 91.2 cm³/mol. The van der Waals surface area contributed by atoms with E-state index in [4.69, 9.17) is 9.47 Å². The van der Waals surface area contributed by atoms with Crippen molar-refractivity contribution in [3.63, 3.8) is 0 Å². The summed E-state index contributed by atoms with van der Waals surface area (Å²) in [5, 5.41) is 0. The second-order valence-corrected chi connectivity index (χ2v) is 7.44. The standard InChI is InChI=1S/C18H26N4O3/c23-17(16-10-19-3-4-20-16)22-7-8-24-14-18(13-22)9-15(12-25-18)11-21-5-1-2-6-21/h3-4,10,15H,1-2,5-9,11-14H2. The maximum absolute atomic E-state index is 12.8. The molecule has 3 fully saturated rings. The van der Waals surface area contributed by atoms with Gasteiger partial charge in [0.25, 0.3) is 5.91 Å². The summed E-state index contributed by atoms with van der Waals surface area (Å²) < 4.78 is 12.0. The number of rotatable bonds is 3. The Kier molecular flexibility index (Phi) is 4.96. The Balaban J connectivity index is 1.42. The van der Waals surface area contributed by atoms with Crippen molar-refractivity contribution < 1.29 is 14.3 Å². The summed E-state index contributed by atoms with van der Waals surface area (Å²) in [7, 11) is 0. The number of ether oxygens (including phenoxy) is 2. The van der Waals surface area contributed by atoms with Crippen molar-refractivity contribution in [2.45, 2.75) is 24.9 Å². The molecule has 3 aliphatic heterocycles. The van der Waals surface area contributed by atoms with Crippen LogP contribution in [0.25, 0.3) is 0 Å². The van der Waals surface area contributed by atoms with Crippen LogP contribution in [0.4, 0.5) is 0 Å². The van der Waals surface area contributed by atoms with Gasteiger partial charge in [0.05, 0.1) is 32.6 Å². The zero-order chi connectivity index (χ0) is 17.1. The van der Waals surface area contributed by atoms with Crippen LogP contribution in [0.3, 0.4) is 0 Å². The van der Waals surface area contributed by atoms with Gasteiger partial charge >= 0.3 is 0 Å². The molecule has 0 N–H and O–H groups in total. The first kappa shape index (κ1) is 16.9. The van der Waals surface area contributed by atoms with Crippen molar-refractivity contribution in [3.8, 4) is 0 Å². The first-order valence-corrected chi connectivity index (χ1v) is 9.23. The van der Waals surface area contributed by atoms with Crippen LogP contribution in [0.15, 0.2) is 18.6 Å². The van der Waals surface area contributed by atoms with Gasteiger partial charge in [-0.25, -0.2) is 4.98 Å². The molecule has 7 heteroatoms. The lowest BCUT2D eigenvalue weighted by molar-refractivity contribution is -0.0539. The molecule has 4 heterocycles. The van der Waals surface area contributed by atoms with E-state index in [0.717, 1.165) is 19.6 Å². The highest BCUT2D eigenvalue weighted by atomic mass is 16.5. The molecule has 1 amide bonds. The topological polar surface area (TPSA) is 67.8 Å². The fraction of sp³-hybridized carbons (Fsp3) is 0.722. The summed E-state index contributed by atoms with van der Waals surface area (Å²) in [4.78, 5) is 25.3. The highest BCUT2D eigenvalue weighted by Gasteiger charge is 2.44. The number of carbonyl (C=O) groups is 1. The van der Waals surface area contributed by atoms with Gasteiger partial charge in [0, 0.05) is 25.5 Å². The van der Waals surface area contributed by atoms with Crippen molar-refractivity contribution in [3.05, 3.63) is 24.3 Å². The monoisotopic (exact) mass is 346 g/mol. The molecule has 1 aromatic rings. The number of aromatic nitrogens is 2. The van der Waals surface area contributed by atoms with Gasteiger partial charge in [0.1, 0.15) is 11.3 Å². The molecule has 0 radical (unpaired) electrons. The summed E-state index contributed by atoms with van der Waals surface area (Å²) in [5.74, 6) is 0.429. The molecule has 0 aliphatic carbocycles. The highest BCUT2D eigenvalue weighted by Crippen LogP contribution is 2.34. The number of likely N-dealkylation sites (tertiary alicyclic amines) is 1. The first-order valence-electron chi connectivity index (χ1n) is 9.23. The molecule has 0 saturated carbocycles. The SMILES string of the molecule is O=C(c1cnccn1)N1CCOCC2(CC(CN3CCCC3)CO2)C1. The van der Waals surface area contributed by atoms with Crippen molar-refractivity contribution >= 4 is 5.91 Å². The van der Waals surface area contributed by atoms with E-state index in [2.05, 4.69) is 14.9 Å². The van der Waals surface area contributed by atoms with Crippen LogP contribution in [0, 0.1) is 5.92 Å². The van der Waals surface area contributed by atoms with Crippen LogP contribution >= 0.6 is 0 Å². The van der Waals surface area contributed by atoms with Gasteiger partial charge in [-0.3, -0.25) is 9.78 Å². The van der Waals surface area contributed by atoms with Crippen molar-refractivity contribution in [2.24, 2.45) is 5.92 Å². The van der Waals surface area contributed by atoms with E-state index in [1.807, 2.05) is 4.90 Å². The van der Waals surface area contributed by atoms with Gasteiger partial charge in [-0.15, -0.1) is 0 Å². The molecule has 2 atom stereocenters. The van der Waals surface area contributed by atoms with Crippen molar-refractivity contribution in [2.75, 3.05) is 52.5 Å². The summed E-state index contributed by atoms with van der Waals surface area (Å²) in [6.45, 7) is 6.50. The van der Waals surface area contributed by atoms with E-state index >= 15 is 0 Å². The van der Waals surface area contributed by atoms with Crippen LogP contribution in [0.1, 0.15) is 29.8 Å². The lowest BCUT2D eigenvalue weighted by Crippen LogP contribution is -2.46. The van der Waals surface area contributed by atoms with Crippen molar-refractivity contribution in [1.29, 1.82) is 0 Å². The summed E-state index contributed by atoms with van der Waals surface area (Å²) >= 11 is 0. The summed E-state index contributed by atoms with van der Waals surface area (Å²) in [6, 6.07) is 0. The zero-order valence-corrected chi connectivity index (χ0v) is 14.6. The Morgan fingerprint density at radius 2 is 2.16 bits per heavy atom. The average Bonchev–Trinajstić information content (AvgIpc) is 3.23. The molecule has 4 rings (SSSR count). The Bertz CT molecular complexity index is 593. The molecule has 0 bridgehead atoms. The molecule has 7 nitrogen and oxygen atoms in total. The van der Waals surface area contributed by atoms with Gasteiger partial charge in [0.15, 0.2) is 0 Å². The third-order valence-electron chi connectivity index (χ3n) is 5.42. The van der Waals surface area contributed by atoms with E-state index in [1.165, 1.54) is 32.1 Å². The molecule has 1 spiro atoms. The van der Waals surface area contributed by atoms with Gasteiger partial charge < -0.3 is 19.3 Å². The average molecular weight is 346 g/mol. The zero-order valence-electron chi connectivity index (χ0n) is 14.6. The largest absolute Gasteiger partial charge is 0.377 e. The van der Waals surface area contributed by atoms with Crippen LogP contribution in [-0.4, -0.2) is 83.8 Å². The quantitative estimate of drug-likeness (QED) is 0.807. The van der Waals surface area contributed by atoms with Gasteiger partial charge in [-0.05, 0) is 38.3 Å². The molecular weight excluding hydrogens is 320 g/mol. The molecule has 2 unspecified atom stereocenters.